The van der Waals surface area contributed by atoms with Crippen LogP contribution in [0.3, 0.4) is 0 Å². The molecule has 2 rings (SSSR count). The van der Waals surface area contributed by atoms with Crippen LogP contribution < -0.4 is 4.74 Å². The largest absolute Gasteiger partial charge is 0.496 e. The number of methoxy groups -OCH3 is 1. The SMILES string of the molecule is COc1cc(C(C)C)ccc1C1(Cl)COC1. The first-order chi connectivity index (χ1) is 7.57. The van der Waals surface area contributed by atoms with E-state index in [-0.39, 0.29) is 4.87 Å². The van der Waals surface area contributed by atoms with Crippen molar-refractivity contribution in [1.82, 2.24) is 0 Å². The van der Waals surface area contributed by atoms with Gasteiger partial charge in [0.1, 0.15) is 10.6 Å². The molecule has 88 valence electrons. The smallest absolute Gasteiger partial charge is 0.124 e. The third-order valence-corrected chi connectivity index (χ3v) is 3.46. The summed E-state index contributed by atoms with van der Waals surface area (Å²) < 4.78 is 10.6. The molecule has 1 aromatic rings. The molecule has 1 fully saturated rings. The second-order valence-electron chi connectivity index (χ2n) is 4.57. The predicted octanol–water partition coefficient (Wildman–Crippen LogP) is 3.28. The summed E-state index contributed by atoms with van der Waals surface area (Å²) in [6.45, 7) is 5.45. The minimum absolute atomic E-state index is 0.388. The molecule has 2 nitrogen and oxygen atoms in total. The Morgan fingerprint density at radius 1 is 1.38 bits per heavy atom. The molecule has 1 aromatic carbocycles. The fraction of sp³-hybridized carbons (Fsp3) is 0.538. The van der Waals surface area contributed by atoms with Crippen LogP contribution in [0.4, 0.5) is 0 Å². The number of ether oxygens (including phenoxy) is 2. The Morgan fingerprint density at radius 3 is 2.50 bits per heavy atom. The van der Waals surface area contributed by atoms with Crippen LogP contribution in [-0.2, 0) is 9.61 Å². The number of hydrogen-bond donors (Lipinski definition) is 0. The van der Waals surface area contributed by atoms with Crippen molar-refractivity contribution in [2.24, 2.45) is 0 Å². The van der Waals surface area contributed by atoms with Crippen molar-refractivity contribution >= 4 is 11.6 Å². The molecule has 1 heterocycles. The van der Waals surface area contributed by atoms with Gasteiger partial charge < -0.3 is 9.47 Å². The number of benzene rings is 1. The summed E-state index contributed by atoms with van der Waals surface area (Å²) >= 11 is 6.44. The lowest BCUT2D eigenvalue weighted by molar-refractivity contribution is -0.0161. The normalized spacial score (nSPS) is 18.3. The second kappa shape index (κ2) is 4.27. The van der Waals surface area contributed by atoms with Crippen LogP contribution >= 0.6 is 11.6 Å². The Hall–Kier alpha value is -0.730. The second-order valence-corrected chi connectivity index (χ2v) is 5.30. The van der Waals surface area contributed by atoms with Crippen molar-refractivity contribution in [3.63, 3.8) is 0 Å². The molecule has 1 aliphatic rings. The molecule has 1 saturated heterocycles. The highest BCUT2D eigenvalue weighted by atomic mass is 35.5. The molecular weight excluding hydrogens is 224 g/mol. The molecule has 0 saturated carbocycles. The first-order valence-corrected chi connectivity index (χ1v) is 5.90. The van der Waals surface area contributed by atoms with Gasteiger partial charge in [-0.2, -0.15) is 0 Å². The molecule has 0 amide bonds. The van der Waals surface area contributed by atoms with Crippen LogP contribution in [0.15, 0.2) is 18.2 Å². The van der Waals surface area contributed by atoms with Gasteiger partial charge in [-0.15, -0.1) is 11.6 Å². The zero-order chi connectivity index (χ0) is 11.8. The zero-order valence-corrected chi connectivity index (χ0v) is 10.7. The summed E-state index contributed by atoms with van der Waals surface area (Å²) in [5.41, 5.74) is 2.30. The maximum atomic E-state index is 6.44. The highest BCUT2D eigenvalue weighted by molar-refractivity contribution is 6.25. The minimum atomic E-state index is -0.388. The minimum Gasteiger partial charge on any atom is -0.496 e. The molecule has 0 spiro atoms. The van der Waals surface area contributed by atoms with Crippen LogP contribution in [0.5, 0.6) is 5.75 Å². The van der Waals surface area contributed by atoms with Gasteiger partial charge >= 0.3 is 0 Å². The van der Waals surface area contributed by atoms with Crippen molar-refractivity contribution in [3.8, 4) is 5.75 Å². The quantitative estimate of drug-likeness (QED) is 0.755. The van der Waals surface area contributed by atoms with Gasteiger partial charge in [0.2, 0.25) is 0 Å². The molecule has 0 aromatic heterocycles. The Bertz CT molecular complexity index is 384. The molecule has 0 N–H and O–H groups in total. The molecule has 1 aliphatic heterocycles. The van der Waals surface area contributed by atoms with Gasteiger partial charge in [0, 0.05) is 5.56 Å². The fourth-order valence-electron chi connectivity index (χ4n) is 1.87. The molecule has 16 heavy (non-hydrogen) atoms. The Kier molecular flexibility index (Phi) is 3.13. The first-order valence-electron chi connectivity index (χ1n) is 5.52. The Balaban J connectivity index is 2.39. The van der Waals surface area contributed by atoms with Gasteiger partial charge in [-0.05, 0) is 17.5 Å². The summed E-state index contributed by atoms with van der Waals surface area (Å²) in [5, 5.41) is 0. The summed E-state index contributed by atoms with van der Waals surface area (Å²) in [6, 6.07) is 6.25. The van der Waals surface area contributed by atoms with E-state index in [1.807, 2.05) is 0 Å². The highest BCUT2D eigenvalue weighted by Gasteiger charge is 2.40. The van der Waals surface area contributed by atoms with E-state index in [0.29, 0.717) is 19.1 Å². The molecule has 0 atom stereocenters. The third-order valence-electron chi connectivity index (χ3n) is 3.04. The van der Waals surface area contributed by atoms with Gasteiger partial charge in [-0.1, -0.05) is 26.0 Å². The van der Waals surface area contributed by atoms with Crippen LogP contribution in [0, 0.1) is 0 Å². The van der Waals surface area contributed by atoms with E-state index in [4.69, 9.17) is 21.1 Å². The average Bonchev–Trinajstić information content (AvgIpc) is 2.25. The van der Waals surface area contributed by atoms with Gasteiger partial charge in [-0.3, -0.25) is 0 Å². The van der Waals surface area contributed by atoms with Crippen molar-refractivity contribution in [2.75, 3.05) is 20.3 Å². The lowest BCUT2D eigenvalue weighted by Crippen LogP contribution is -2.41. The van der Waals surface area contributed by atoms with E-state index in [9.17, 15) is 0 Å². The summed E-state index contributed by atoms with van der Waals surface area (Å²) in [7, 11) is 1.68. The molecule has 0 bridgehead atoms. The molecule has 3 heteroatoms. The van der Waals surface area contributed by atoms with Crippen molar-refractivity contribution in [1.29, 1.82) is 0 Å². The summed E-state index contributed by atoms with van der Waals surface area (Å²) in [5.74, 6) is 1.36. The van der Waals surface area contributed by atoms with Crippen LogP contribution in [0.2, 0.25) is 0 Å². The van der Waals surface area contributed by atoms with Gasteiger partial charge in [0.15, 0.2) is 0 Å². The standard InChI is InChI=1S/C13H17ClO2/c1-9(2)10-4-5-11(12(6-10)15-3)13(14)7-16-8-13/h4-6,9H,7-8H2,1-3H3. The number of halogens is 1. The number of hydrogen-bond acceptors (Lipinski definition) is 2. The van der Waals surface area contributed by atoms with Crippen molar-refractivity contribution in [3.05, 3.63) is 29.3 Å². The first kappa shape index (κ1) is 11.7. The van der Waals surface area contributed by atoms with Gasteiger partial charge in [-0.25, -0.2) is 0 Å². The summed E-state index contributed by atoms with van der Waals surface area (Å²) in [6.07, 6.45) is 0. The van der Waals surface area contributed by atoms with E-state index in [0.717, 1.165) is 11.3 Å². The zero-order valence-electron chi connectivity index (χ0n) is 9.92. The lowest BCUT2D eigenvalue weighted by Gasteiger charge is -2.36. The lowest BCUT2D eigenvalue weighted by atomic mass is 9.92. The van der Waals surface area contributed by atoms with E-state index >= 15 is 0 Å². The maximum absolute atomic E-state index is 6.44. The molecule has 0 aliphatic carbocycles. The number of alkyl halides is 1. The van der Waals surface area contributed by atoms with Gasteiger partial charge in [0.05, 0.1) is 20.3 Å². The Morgan fingerprint density at radius 2 is 2.06 bits per heavy atom. The van der Waals surface area contributed by atoms with E-state index in [1.165, 1.54) is 5.56 Å². The monoisotopic (exact) mass is 240 g/mol. The molecule has 0 radical (unpaired) electrons. The van der Waals surface area contributed by atoms with Crippen LogP contribution in [0.1, 0.15) is 30.9 Å². The van der Waals surface area contributed by atoms with Crippen LogP contribution in [-0.4, -0.2) is 20.3 Å². The number of rotatable bonds is 3. The molecule has 0 unspecified atom stereocenters. The van der Waals surface area contributed by atoms with Gasteiger partial charge in [0.25, 0.3) is 0 Å². The summed E-state index contributed by atoms with van der Waals surface area (Å²) in [4.78, 5) is -0.388. The fourth-order valence-corrected chi connectivity index (χ4v) is 2.18. The van der Waals surface area contributed by atoms with E-state index in [2.05, 4.69) is 32.0 Å². The predicted molar refractivity (Wildman–Crippen MR) is 65.4 cm³/mol. The van der Waals surface area contributed by atoms with E-state index < -0.39 is 0 Å². The maximum Gasteiger partial charge on any atom is 0.124 e. The average molecular weight is 241 g/mol. The third kappa shape index (κ3) is 1.92. The Labute approximate surface area is 102 Å². The topological polar surface area (TPSA) is 18.5 Å². The van der Waals surface area contributed by atoms with E-state index in [1.54, 1.807) is 7.11 Å². The molecular formula is C13H17ClO2. The van der Waals surface area contributed by atoms with Crippen molar-refractivity contribution in [2.45, 2.75) is 24.6 Å². The highest BCUT2D eigenvalue weighted by Crippen LogP contribution is 2.42. The van der Waals surface area contributed by atoms with Crippen LogP contribution in [0.25, 0.3) is 0 Å². The van der Waals surface area contributed by atoms with Crippen molar-refractivity contribution < 1.29 is 9.47 Å².